The summed E-state index contributed by atoms with van der Waals surface area (Å²) in [5, 5.41) is 0.0451. The zero-order valence-electron chi connectivity index (χ0n) is 16.6. The zero-order chi connectivity index (χ0) is 20.7. The Balaban J connectivity index is 2.37. The van der Waals surface area contributed by atoms with Crippen LogP contribution in [-0.2, 0) is 25.9 Å². The fourth-order valence-corrected chi connectivity index (χ4v) is 3.48. The number of benzene rings is 1. The Hall–Kier alpha value is -1.46. The maximum atomic E-state index is 11.9. The van der Waals surface area contributed by atoms with Crippen LogP contribution in [0, 0.1) is 0 Å². The lowest BCUT2D eigenvalue weighted by Gasteiger charge is -2.36. The van der Waals surface area contributed by atoms with E-state index in [1.807, 2.05) is 6.07 Å². The quantitative estimate of drug-likeness (QED) is 0.529. The van der Waals surface area contributed by atoms with Gasteiger partial charge in [0, 0.05) is 6.54 Å². The molecule has 1 aromatic carbocycles. The van der Waals surface area contributed by atoms with Crippen LogP contribution in [0.15, 0.2) is 30.3 Å². The van der Waals surface area contributed by atoms with Crippen molar-refractivity contribution in [3.8, 4) is 0 Å². The Morgan fingerprint density at radius 3 is 2.33 bits per heavy atom. The summed E-state index contributed by atoms with van der Waals surface area (Å²) in [6.45, 7) is 10.7. The zero-order valence-corrected chi connectivity index (χ0v) is 18.4. The van der Waals surface area contributed by atoms with Crippen molar-refractivity contribution in [2.24, 2.45) is 5.73 Å². The number of carbonyl (C=O) groups excluding carboxylic acids is 1. The Labute approximate surface area is 163 Å². The van der Waals surface area contributed by atoms with Crippen molar-refractivity contribution in [2.75, 3.05) is 13.2 Å². The van der Waals surface area contributed by atoms with Crippen LogP contribution in [0.2, 0.25) is 18.1 Å². The van der Waals surface area contributed by atoms with Gasteiger partial charge in [-0.3, -0.25) is 0 Å². The Morgan fingerprint density at radius 1 is 1.19 bits per heavy atom. The van der Waals surface area contributed by atoms with Crippen LogP contribution in [0.1, 0.15) is 26.3 Å². The molecule has 0 aliphatic rings. The number of carbonyl (C=O) groups is 1. The molecule has 1 aromatic rings. The second-order valence-corrected chi connectivity index (χ2v) is 14.2. The monoisotopic (exact) mass is 417 g/mol. The molecule has 154 valence electrons. The van der Waals surface area contributed by atoms with Gasteiger partial charge >= 0.3 is 16.3 Å². The van der Waals surface area contributed by atoms with Gasteiger partial charge in [0.25, 0.3) is 0 Å². The molecule has 0 fully saturated rings. The number of amides is 1. The molecule has 1 rings (SSSR count). The van der Waals surface area contributed by atoms with Gasteiger partial charge < -0.3 is 14.9 Å². The first-order chi connectivity index (χ1) is 12.3. The predicted octanol–water partition coefficient (Wildman–Crippen LogP) is 2.10. The van der Waals surface area contributed by atoms with E-state index in [0.29, 0.717) is 0 Å². The molecule has 0 heterocycles. The van der Waals surface area contributed by atoms with Crippen molar-refractivity contribution >= 4 is 24.6 Å². The third-order valence-electron chi connectivity index (χ3n) is 4.42. The third kappa shape index (κ3) is 8.84. The first-order valence-electron chi connectivity index (χ1n) is 8.70. The molecule has 0 bridgehead atoms. The summed E-state index contributed by atoms with van der Waals surface area (Å²) >= 11 is 0. The van der Waals surface area contributed by atoms with Crippen LogP contribution in [0.5, 0.6) is 0 Å². The fraction of sp³-hybridized carbons (Fsp3) is 0.588. The molecule has 0 radical (unpaired) electrons. The summed E-state index contributed by atoms with van der Waals surface area (Å²) in [6.07, 6.45) is -1.08. The second-order valence-electron chi connectivity index (χ2n) is 7.84. The highest BCUT2D eigenvalue weighted by atomic mass is 32.2. The van der Waals surface area contributed by atoms with Crippen molar-refractivity contribution in [3.63, 3.8) is 0 Å². The van der Waals surface area contributed by atoms with Gasteiger partial charge in [-0.15, -0.1) is 0 Å². The number of hydrogen-bond acceptors (Lipinski definition) is 6. The van der Waals surface area contributed by atoms with Crippen molar-refractivity contribution in [2.45, 2.75) is 51.5 Å². The minimum atomic E-state index is -4.02. The van der Waals surface area contributed by atoms with Crippen LogP contribution in [0.25, 0.3) is 0 Å². The van der Waals surface area contributed by atoms with Gasteiger partial charge in [0.05, 0.1) is 12.6 Å². The summed E-state index contributed by atoms with van der Waals surface area (Å²) in [5.41, 5.74) is 6.66. The highest BCUT2D eigenvalue weighted by molar-refractivity contribution is 7.88. The number of nitrogens with one attached hydrogen (secondary N) is 2. The second kappa shape index (κ2) is 9.65. The Morgan fingerprint density at radius 2 is 1.78 bits per heavy atom. The average molecular weight is 418 g/mol. The number of hydrogen-bond donors (Lipinski definition) is 3. The molecule has 4 N–H and O–H groups in total. The third-order valence-corrected chi connectivity index (χ3v) is 9.88. The maximum Gasteiger partial charge on any atom is 0.421 e. The molecule has 0 aliphatic heterocycles. The Kier molecular flexibility index (Phi) is 8.42. The average Bonchev–Trinajstić information content (AvgIpc) is 2.56. The van der Waals surface area contributed by atoms with Crippen LogP contribution in [-0.4, -0.2) is 42.1 Å². The van der Waals surface area contributed by atoms with Gasteiger partial charge in [0.2, 0.25) is 0 Å². The van der Waals surface area contributed by atoms with Gasteiger partial charge in [-0.05, 0) is 23.7 Å². The number of rotatable bonds is 9. The summed E-state index contributed by atoms with van der Waals surface area (Å²) in [4.78, 5) is 11.7. The van der Waals surface area contributed by atoms with Crippen molar-refractivity contribution in [1.82, 2.24) is 9.44 Å². The molecule has 27 heavy (non-hydrogen) atoms. The van der Waals surface area contributed by atoms with E-state index in [2.05, 4.69) is 38.6 Å². The van der Waals surface area contributed by atoms with E-state index in [-0.39, 0.29) is 24.8 Å². The smallest absolute Gasteiger partial charge is 0.421 e. The first kappa shape index (κ1) is 23.6. The van der Waals surface area contributed by atoms with Crippen LogP contribution < -0.4 is 15.2 Å². The molecule has 0 aromatic heterocycles. The van der Waals surface area contributed by atoms with Gasteiger partial charge in [-0.25, -0.2) is 9.52 Å². The molecule has 10 heteroatoms. The van der Waals surface area contributed by atoms with E-state index in [0.717, 1.165) is 5.56 Å². The van der Waals surface area contributed by atoms with Crippen LogP contribution in [0.4, 0.5) is 4.79 Å². The van der Waals surface area contributed by atoms with E-state index in [1.54, 1.807) is 29.0 Å². The van der Waals surface area contributed by atoms with Crippen molar-refractivity contribution in [1.29, 1.82) is 0 Å². The summed E-state index contributed by atoms with van der Waals surface area (Å²) in [6, 6.07) is 8.40. The SMILES string of the molecule is CC(C)(C)[Si](C)(C)OC[C@H](N)COC(=O)NS(=O)(=O)NCc1ccccc1. The predicted molar refractivity (Wildman–Crippen MR) is 108 cm³/mol. The molecular formula is C17H31N3O5SSi. The molecule has 0 saturated heterocycles. The highest BCUT2D eigenvalue weighted by Gasteiger charge is 2.37. The summed E-state index contributed by atoms with van der Waals surface area (Å²) in [5.74, 6) is 0. The van der Waals surface area contributed by atoms with Crippen LogP contribution in [0.3, 0.4) is 0 Å². The van der Waals surface area contributed by atoms with E-state index >= 15 is 0 Å². The van der Waals surface area contributed by atoms with Gasteiger partial charge in [0.1, 0.15) is 6.61 Å². The lowest BCUT2D eigenvalue weighted by Crippen LogP contribution is -2.46. The van der Waals surface area contributed by atoms with Gasteiger partial charge in [-0.2, -0.15) is 13.1 Å². The van der Waals surface area contributed by atoms with E-state index in [1.165, 1.54) is 0 Å². The van der Waals surface area contributed by atoms with Crippen LogP contribution >= 0.6 is 0 Å². The van der Waals surface area contributed by atoms with E-state index < -0.39 is 30.7 Å². The maximum absolute atomic E-state index is 11.9. The molecular weight excluding hydrogens is 386 g/mol. The van der Waals surface area contributed by atoms with Gasteiger partial charge in [0.15, 0.2) is 8.32 Å². The largest absolute Gasteiger partial charge is 0.447 e. The van der Waals surface area contributed by atoms with Crippen molar-refractivity contribution < 1.29 is 22.4 Å². The molecule has 0 spiro atoms. The lowest BCUT2D eigenvalue weighted by molar-refractivity contribution is 0.132. The minimum absolute atomic E-state index is 0.0451. The molecule has 0 unspecified atom stereocenters. The van der Waals surface area contributed by atoms with E-state index in [4.69, 9.17) is 14.9 Å². The molecule has 0 aliphatic carbocycles. The summed E-state index contributed by atoms with van der Waals surface area (Å²) < 4.78 is 38.6. The normalized spacial score (nSPS) is 13.9. The minimum Gasteiger partial charge on any atom is -0.447 e. The number of nitrogens with two attached hydrogens (primary N) is 1. The molecule has 1 atom stereocenters. The molecule has 1 amide bonds. The molecule has 0 saturated carbocycles. The Bertz CT molecular complexity index is 705. The fourth-order valence-electron chi connectivity index (χ4n) is 1.71. The lowest BCUT2D eigenvalue weighted by atomic mass is 10.2. The molecule has 8 nitrogen and oxygen atoms in total. The summed E-state index contributed by atoms with van der Waals surface area (Å²) in [7, 11) is -5.97. The topological polar surface area (TPSA) is 120 Å². The van der Waals surface area contributed by atoms with Gasteiger partial charge in [-0.1, -0.05) is 51.1 Å². The highest BCUT2D eigenvalue weighted by Crippen LogP contribution is 2.36. The first-order valence-corrected chi connectivity index (χ1v) is 13.1. The number of ether oxygens (including phenoxy) is 1. The van der Waals surface area contributed by atoms with Crippen molar-refractivity contribution in [3.05, 3.63) is 35.9 Å². The van der Waals surface area contributed by atoms with E-state index in [9.17, 15) is 13.2 Å². The standard InChI is InChI=1S/C17H31N3O5SSi/c1-17(2,3)27(4,5)25-13-15(18)12-24-16(21)20-26(22,23)19-11-14-9-7-6-8-10-14/h6-10,15,19H,11-13,18H2,1-5H3,(H,20,21)/t15-/m1/s1.